The minimum absolute atomic E-state index is 0.0712. The van der Waals surface area contributed by atoms with Gasteiger partial charge in [-0.05, 0) is 51.7 Å². The van der Waals surface area contributed by atoms with E-state index in [0.717, 1.165) is 12.8 Å². The fraction of sp³-hybridized carbons (Fsp3) is 0.588. The van der Waals surface area contributed by atoms with Crippen LogP contribution in [-0.4, -0.2) is 21.8 Å². The first-order valence-electron chi connectivity index (χ1n) is 8.04. The Morgan fingerprint density at radius 1 is 1.23 bits per heavy atom. The molecule has 0 aliphatic heterocycles. The summed E-state index contributed by atoms with van der Waals surface area (Å²) in [6.45, 7) is 3.76. The van der Waals surface area contributed by atoms with Crippen LogP contribution >= 0.6 is 0 Å². The second-order valence-electron chi connectivity index (χ2n) is 6.24. The Balaban J connectivity index is 1.92. The third kappa shape index (κ3) is 2.89. The van der Waals surface area contributed by atoms with Crippen molar-refractivity contribution in [2.24, 2.45) is 7.05 Å². The molecule has 4 nitrogen and oxygen atoms in total. The first-order chi connectivity index (χ1) is 10.6. The summed E-state index contributed by atoms with van der Waals surface area (Å²) in [5, 5.41) is 0. The summed E-state index contributed by atoms with van der Waals surface area (Å²) < 4.78 is 27.8. The third-order valence-corrected chi connectivity index (χ3v) is 4.08. The minimum atomic E-state index is -0.375. The highest BCUT2D eigenvalue weighted by Crippen LogP contribution is 2.31. The van der Waals surface area contributed by atoms with Crippen LogP contribution in [0, 0.1) is 5.82 Å². The van der Waals surface area contributed by atoms with E-state index in [2.05, 4.69) is 4.98 Å². The van der Waals surface area contributed by atoms with Gasteiger partial charge in [0, 0.05) is 7.05 Å². The summed E-state index contributed by atoms with van der Waals surface area (Å²) in [6.07, 6.45) is 5.87. The maximum atomic E-state index is 14.6. The molecule has 1 aromatic carbocycles. The van der Waals surface area contributed by atoms with Crippen molar-refractivity contribution in [3.8, 4) is 11.8 Å². The van der Waals surface area contributed by atoms with E-state index in [1.807, 2.05) is 13.8 Å². The van der Waals surface area contributed by atoms with Gasteiger partial charge in [0.25, 0.3) is 6.01 Å². The van der Waals surface area contributed by atoms with Gasteiger partial charge in [0.05, 0.1) is 11.6 Å². The minimum Gasteiger partial charge on any atom is -0.488 e. The Morgan fingerprint density at radius 3 is 2.64 bits per heavy atom. The second-order valence-corrected chi connectivity index (χ2v) is 6.24. The van der Waals surface area contributed by atoms with Gasteiger partial charge in [-0.25, -0.2) is 4.39 Å². The van der Waals surface area contributed by atoms with Crippen LogP contribution in [-0.2, 0) is 7.05 Å². The molecule has 2 aromatic rings. The summed E-state index contributed by atoms with van der Waals surface area (Å²) in [5.74, 6) is -0.116. The molecule has 0 saturated heterocycles. The Bertz CT molecular complexity index is 660. The van der Waals surface area contributed by atoms with E-state index < -0.39 is 0 Å². The SMILES string of the molecule is CC(C)Oc1ccc2nc(OC3CCCCC3)n(C)c2c1F. The number of rotatable bonds is 4. The molecule has 0 radical (unpaired) electrons. The van der Waals surface area contributed by atoms with Crippen LogP contribution < -0.4 is 9.47 Å². The molecule has 1 fully saturated rings. The summed E-state index contributed by atoms with van der Waals surface area (Å²) in [4.78, 5) is 4.43. The highest BCUT2D eigenvalue weighted by atomic mass is 19.1. The molecule has 0 bridgehead atoms. The molecular weight excluding hydrogens is 283 g/mol. The number of aryl methyl sites for hydroxylation is 1. The van der Waals surface area contributed by atoms with Gasteiger partial charge < -0.3 is 9.47 Å². The summed E-state index contributed by atoms with van der Waals surface area (Å²) in [5.41, 5.74) is 1.03. The largest absolute Gasteiger partial charge is 0.488 e. The van der Waals surface area contributed by atoms with Gasteiger partial charge in [0.2, 0.25) is 0 Å². The van der Waals surface area contributed by atoms with Crippen LogP contribution in [0.2, 0.25) is 0 Å². The van der Waals surface area contributed by atoms with Crippen molar-refractivity contribution in [1.82, 2.24) is 9.55 Å². The zero-order chi connectivity index (χ0) is 15.7. The van der Waals surface area contributed by atoms with Gasteiger partial charge in [-0.3, -0.25) is 4.57 Å². The number of hydrogen-bond acceptors (Lipinski definition) is 3. The Kier molecular flexibility index (Phi) is 4.23. The number of fused-ring (bicyclic) bond motifs is 1. The number of ether oxygens (including phenoxy) is 2. The number of halogens is 1. The van der Waals surface area contributed by atoms with E-state index >= 15 is 0 Å². The van der Waals surface area contributed by atoms with Gasteiger partial charge >= 0.3 is 0 Å². The normalized spacial score (nSPS) is 16.4. The lowest BCUT2D eigenvalue weighted by Gasteiger charge is -2.22. The van der Waals surface area contributed by atoms with Crippen LogP contribution in [0.4, 0.5) is 4.39 Å². The van der Waals surface area contributed by atoms with E-state index in [9.17, 15) is 4.39 Å². The third-order valence-electron chi connectivity index (χ3n) is 4.08. The maximum absolute atomic E-state index is 14.6. The van der Waals surface area contributed by atoms with Crippen LogP contribution in [0.5, 0.6) is 11.8 Å². The fourth-order valence-electron chi connectivity index (χ4n) is 3.00. The highest BCUT2D eigenvalue weighted by Gasteiger charge is 2.21. The molecule has 0 spiro atoms. The fourth-order valence-corrected chi connectivity index (χ4v) is 3.00. The van der Waals surface area contributed by atoms with Crippen molar-refractivity contribution in [1.29, 1.82) is 0 Å². The van der Waals surface area contributed by atoms with Gasteiger partial charge in [-0.1, -0.05) is 6.42 Å². The Labute approximate surface area is 130 Å². The van der Waals surface area contributed by atoms with Gasteiger partial charge in [-0.2, -0.15) is 4.98 Å². The molecule has 3 rings (SSSR count). The molecular formula is C17H23FN2O2. The number of aromatic nitrogens is 2. The lowest BCUT2D eigenvalue weighted by atomic mass is 9.98. The van der Waals surface area contributed by atoms with Gasteiger partial charge in [0.1, 0.15) is 11.6 Å². The molecule has 1 heterocycles. The van der Waals surface area contributed by atoms with E-state index in [1.165, 1.54) is 19.3 Å². The first kappa shape index (κ1) is 15.1. The topological polar surface area (TPSA) is 36.3 Å². The molecule has 1 aromatic heterocycles. The quantitative estimate of drug-likeness (QED) is 0.849. The van der Waals surface area contributed by atoms with Crippen molar-refractivity contribution in [2.45, 2.75) is 58.2 Å². The zero-order valence-electron chi connectivity index (χ0n) is 13.4. The Hall–Kier alpha value is -1.78. The Morgan fingerprint density at radius 2 is 1.95 bits per heavy atom. The van der Waals surface area contributed by atoms with Crippen molar-refractivity contribution >= 4 is 11.0 Å². The average molecular weight is 306 g/mol. The van der Waals surface area contributed by atoms with Crippen molar-refractivity contribution < 1.29 is 13.9 Å². The monoisotopic (exact) mass is 306 g/mol. The predicted molar refractivity (Wildman–Crippen MR) is 83.9 cm³/mol. The standard InChI is InChI=1S/C17H23FN2O2/c1-11(2)21-14-10-9-13-16(15(14)18)20(3)17(19-13)22-12-7-5-4-6-8-12/h9-12H,4-8H2,1-3H3. The molecule has 22 heavy (non-hydrogen) atoms. The first-order valence-corrected chi connectivity index (χ1v) is 8.04. The molecule has 1 aliphatic rings. The van der Waals surface area contributed by atoms with E-state index in [4.69, 9.17) is 9.47 Å². The van der Waals surface area contributed by atoms with Crippen LogP contribution in [0.3, 0.4) is 0 Å². The number of nitrogens with zero attached hydrogens (tertiary/aromatic N) is 2. The molecule has 5 heteroatoms. The molecule has 0 atom stereocenters. The second kappa shape index (κ2) is 6.15. The molecule has 0 unspecified atom stereocenters. The molecule has 1 saturated carbocycles. The lowest BCUT2D eigenvalue weighted by Crippen LogP contribution is -2.21. The lowest BCUT2D eigenvalue weighted by molar-refractivity contribution is 0.138. The van der Waals surface area contributed by atoms with Gasteiger partial charge in [0.15, 0.2) is 11.6 Å². The van der Waals surface area contributed by atoms with Crippen LogP contribution in [0.15, 0.2) is 12.1 Å². The molecule has 0 N–H and O–H groups in total. The van der Waals surface area contributed by atoms with E-state index in [0.29, 0.717) is 17.0 Å². The number of hydrogen-bond donors (Lipinski definition) is 0. The zero-order valence-corrected chi connectivity index (χ0v) is 13.4. The predicted octanol–water partition coefficient (Wildman–Crippen LogP) is 4.21. The van der Waals surface area contributed by atoms with Crippen LogP contribution in [0.25, 0.3) is 11.0 Å². The van der Waals surface area contributed by atoms with Crippen molar-refractivity contribution in [2.75, 3.05) is 0 Å². The summed E-state index contributed by atoms with van der Waals surface area (Å²) >= 11 is 0. The van der Waals surface area contributed by atoms with Crippen LogP contribution in [0.1, 0.15) is 46.0 Å². The number of imidazole rings is 1. The summed E-state index contributed by atoms with van der Waals surface area (Å²) in [6, 6.07) is 3.90. The molecule has 1 aliphatic carbocycles. The average Bonchev–Trinajstić information content (AvgIpc) is 2.80. The maximum Gasteiger partial charge on any atom is 0.297 e. The highest BCUT2D eigenvalue weighted by molar-refractivity contribution is 5.79. The van der Waals surface area contributed by atoms with Crippen molar-refractivity contribution in [3.05, 3.63) is 17.9 Å². The van der Waals surface area contributed by atoms with E-state index in [1.54, 1.807) is 23.7 Å². The molecule has 120 valence electrons. The van der Waals surface area contributed by atoms with Crippen molar-refractivity contribution in [3.63, 3.8) is 0 Å². The molecule has 0 amide bonds. The summed E-state index contributed by atoms with van der Waals surface area (Å²) in [7, 11) is 1.79. The van der Waals surface area contributed by atoms with E-state index in [-0.39, 0.29) is 23.8 Å². The van der Waals surface area contributed by atoms with Gasteiger partial charge in [-0.15, -0.1) is 0 Å². The number of benzene rings is 1. The smallest absolute Gasteiger partial charge is 0.297 e.